The molecule has 11 heteroatoms. The number of benzene rings is 1. The first kappa shape index (κ1) is 27.3. The molecule has 0 bridgehead atoms. The molecule has 0 radical (unpaired) electrons. The van der Waals surface area contributed by atoms with Crippen LogP contribution in [0.5, 0.6) is 0 Å². The molecule has 3 heterocycles. The van der Waals surface area contributed by atoms with Crippen LogP contribution in [0.3, 0.4) is 0 Å². The van der Waals surface area contributed by atoms with E-state index < -0.39 is 20.0 Å². The number of aryl methyl sites for hydroxylation is 1. The average molecular weight is 547 g/mol. The van der Waals surface area contributed by atoms with Crippen LogP contribution in [0.1, 0.15) is 44.1 Å². The summed E-state index contributed by atoms with van der Waals surface area (Å²) in [6, 6.07) is 5.48. The zero-order valence-corrected chi connectivity index (χ0v) is 23.3. The highest BCUT2D eigenvalue weighted by atomic mass is 35.5. The number of piperidine rings is 1. The standard InChI is InChI=1S/C24H39ClN4O4S2/c1-20-6-3-9-23(25)24(20)35(32,33)29-12-4-7-22(29)8-5-19-34(30,31)28-17-15-27(16-18-28)21-10-13-26(2)14-11-21/h3,6,9,21-22H,4-5,7-8,10-19H2,1-2H3/t22-/m0/s1. The molecule has 0 amide bonds. The predicted octanol–water partition coefficient (Wildman–Crippen LogP) is 2.62. The Morgan fingerprint density at radius 2 is 1.63 bits per heavy atom. The minimum Gasteiger partial charge on any atom is -0.306 e. The summed E-state index contributed by atoms with van der Waals surface area (Å²) in [7, 11) is -4.92. The minimum atomic E-state index is -3.72. The van der Waals surface area contributed by atoms with Crippen molar-refractivity contribution in [1.82, 2.24) is 18.4 Å². The van der Waals surface area contributed by atoms with Crippen LogP contribution >= 0.6 is 11.6 Å². The van der Waals surface area contributed by atoms with E-state index in [1.54, 1.807) is 29.4 Å². The highest BCUT2D eigenvalue weighted by Crippen LogP contribution is 2.33. The van der Waals surface area contributed by atoms with Crippen LogP contribution in [0.4, 0.5) is 0 Å². The molecule has 1 aromatic rings. The number of nitrogens with zero attached hydrogens (tertiary/aromatic N) is 4. The van der Waals surface area contributed by atoms with E-state index in [2.05, 4.69) is 16.8 Å². The molecule has 0 saturated carbocycles. The molecule has 198 valence electrons. The predicted molar refractivity (Wildman–Crippen MR) is 140 cm³/mol. The lowest BCUT2D eigenvalue weighted by molar-refractivity contribution is 0.0892. The van der Waals surface area contributed by atoms with E-state index in [0.717, 1.165) is 51.9 Å². The Hall–Kier alpha value is -0.750. The molecule has 3 saturated heterocycles. The molecule has 1 atom stereocenters. The van der Waals surface area contributed by atoms with Gasteiger partial charge in [-0.15, -0.1) is 0 Å². The van der Waals surface area contributed by atoms with Crippen molar-refractivity contribution < 1.29 is 16.8 Å². The van der Waals surface area contributed by atoms with E-state index >= 15 is 0 Å². The third-order valence-corrected chi connectivity index (χ3v) is 12.4. The molecule has 35 heavy (non-hydrogen) atoms. The Kier molecular flexibility index (Phi) is 8.83. The third kappa shape index (κ3) is 6.22. The number of piperazine rings is 1. The lowest BCUT2D eigenvalue weighted by Crippen LogP contribution is -2.54. The van der Waals surface area contributed by atoms with Crippen LogP contribution in [0.2, 0.25) is 5.02 Å². The summed E-state index contributed by atoms with van der Waals surface area (Å²) in [4.78, 5) is 4.98. The largest absolute Gasteiger partial charge is 0.306 e. The van der Waals surface area contributed by atoms with Crippen LogP contribution in [0, 0.1) is 6.92 Å². The number of rotatable bonds is 8. The van der Waals surface area contributed by atoms with Gasteiger partial charge in [0.25, 0.3) is 0 Å². The van der Waals surface area contributed by atoms with Gasteiger partial charge in [0.2, 0.25) is 20.0 Å². The molecule has 3 aliphatic rings. The summed E-state index contributed by atoms with van der Waals surface area (Å²) in [6.45, 7) is 7.08. The topological polar surface area (TPSA) is 81.2 Å². The monoisotopic (exact) mass is 546 g/mol. The third-order valence-electron chi connectivity index (χ3n) is 7.86. The van der Waals surface area contributed by atoms with E-state index in [0.29, 0.717) is 44.1 Å². The Morgan fingerprint density at radius 3 is 2.29 bits per heavy atom. The van der Waals surface area contributed by atoms with Crippen LogP contribution in [-0.2, 0) is 20.0 Å². The second kappa shape index (κ2) is 11.3. The van der Waals surface area contributed by atoms with Crippen molar-refractivity contribution in [2.24, 2.45) is 0 Å². The molecule has 4 rings (SSSR count). The van der Waals surface area contributed by atoms with E-state index in [1.165, 1.54) is 4.31 Å². The van der Waals surface area contributed by atoms with Crippen LogP contribution < -0.4 is 0 Å². The summed E-state index contributed by atoms with van der Waals surface area (Å²) in [5.74, 6) is 0.0662. The van der Waals surface area contributed by atoms with Crippen molar-refractivity contribution in [2.75, 3.05) is 58.6 Å². The lowest BCUT2D eigenvalue weighted by Gasteiger charge is -2.41. The van der Waals surface area contributed by atoms with Gasteiger partial charge in [-0.05, 0) is 77.2 Å². The molecule has 1 aromatic carbocycles. The SMILES string of the molecule is Cc1cccc(Cl)c1S(=O)(=O)N1CCC[C@H]1CCCS(=O)(=O)N1CCN(C2CCN(C)CC2)CC1. The van der Waals surface area contributed by atoms with E-state index in [1.807, 2.05) is 0 Å². The van der Waals surface area contributed by atoms with Gasteiger partial charge in [-0.25, -0.2) is 16.8 Å². The summed E-state index contributed by atoms with van der Waals surface area (Å²) in [5, 5.41) is 0.234. The first-order chi connectivity index (χ1) is 16.6. The van der Waals surface area contributed by atoms with Crippen LogP contribution in [-0.4, -0.2) is 106 Å². The van der Waals surface area contributed by atoms with Gasteiger partial charge in [0.15, 0.2) is 0 Å². The normalized spacial score (nSPS) is 24.8. The number of hydrogen-bond acceptors (Lipinski definition) is 6. The Balaban J connectivity index is 1.30. The molecule has 0 spiro atoms. The zero-order chi connectivity index (χ0) is 25.2. The van der Waals surface area contributed by atoms with Crippen LogP contribution in [0.15, 0.2) is 23.1 Å². The zero-order valence-electron chi connectivity index (χ0n) is 20.9. The number of halogens is 1. The van der Waals surface area contributed by atoms with E-state index in [4.69, 9.17) is 11.6 Å². The number of hydrogen-bond donors (Lipinski definition) is 0. The molecule has 8 nitrogen and oxygen atoms in total. The Labute approximate surface area is 216 Å². The maximum atomic E-state index is 13.4. The van der Waals surface area contributed by atoms with Gasteiger partial charge in [0.1, 0.15) is 4.90 Å². The fourth-order valence-electron chi connectivity index (χ4n) is 5.81. The second-order valence-corrected chi connectivity index (χ2v) is 14.5. The molecule has 0 N–H and O–H groups in total. The molecule has 3 aliphatic heterocycles. The van der Waals surface area contributed by atoms with Crippen molar-refractivity contribution in [1.29, 1.82) is 0 Å². The van der Waals surface area contributed by atoms with Crippen molar-refractivity contribution in [3.63, 3.8) is 0 Å². The maximum Gasteiger partial charge on any atom is 0.245 e. The summed E-state index contributed by atoms with van der Waals surface area (Å²) in [6.07, 6.45) is 4.82. The number of likely N-dealkylation sites (tertiary alicyclic amines) is 1. The van der Waals surface area contributed by atoms with Crippen molar-refractivity contribution >= 4 is 31.6 Å². The van der Waals surface area contributed by atoms with Crippen LogP contribution in [0.25, 0.3) is 0 Å². The highest BCUT2D eigenvalue weighted by Gasteiger charge is 2.37. The lowest BCUT2D eigenvalue weighted by atomic mass is 10.0. The van der Waals surface area contributed by atoms with Crippen molar-refractivity contribution in [2.45, 2.75) is 62.4 Å². The molecule has 0 aliphatic carbocycles. The minimum absolute atomic E-state index is 0.0662. The van der Waals surface area contributed by atoms with Crippen molar-refractivity contribution in [3.8, 4) is 0 Å². The summed E-state index contributed by atoms with van der Waals surface area (Å²) < 4.78 is 56.0. The van der Waals surface area contributed by atoms with Gasteiger partial charge in [0, 0.05) is 44.8 Å². The Morgan fingerprint density at radius 1 is 0.943 bits per heavy atom. The van der Waals surface area contributed by atoms with Gasteiger partial charge in [-0.3, -0.25) is 4.90 Å². The molecule has 0 aromatic heterocycles. The second-order valence-electron chi connectivity index (χ2n) is 10.2. The van der Waals surface area contributed by atoms with Gasteiger partial charge in [0.05, 0.1) is 10.8 Å². The first-order valence-corrected chi connectivity index (χ1v) is 16.2. The quantitative estimate of drug-likeness (QED) is 0.498. The maximum absolute atomic E-state index is 13.4. The smallest absolute Gasteiger partial charge is 0.245 e. The average Bonchev–Trinajstić information content (AvgIpc) is 3.29. The molecular formula is C24H39ClN4O4S2. The van der Waals surface area contributed by atoms with E-state index in [-0.39, 0.29) is 21.7 Å². The Bertz CT molecular complexity index is 1060. The summed E-state index contributed by atoms with van der Waals surface area (Å²) >= 11 is 6.26. The molecule has 3 fully saturated rings. The summed E-state index contributed by atoms with van der Waals surface area (Å²) in [5.41, 5.74) is 0.630. The fourth-order valence-corrected chi connectivity index (χ4v) is 9.83. The van der Waals surface area contributed by atoms with Gasteiger partial charge in [-0.2, -0.15) is 8.61 Å². The highest BCUT2D eigenvalue weighted by molar-refractivity contribution is 7.89. The molecular weight excluding hydrogens is 508 g/mol. The van der Waals surface area contributed by atoms with E-state index in [9.17, 15) is 16.8 Å². The molecule has 0 unspecified atom stereocenters. The van der Waals surface area contributed by atoms with Crippen molar-refractivity contribution in [3.05, 3.63) is 28.8 Å². The van der Waals surface area contributed by atoms with Gasteiger partial charge >= 0.3 is 0 Å². The first-order valence-electron chi connectivity index (χ1n) is 12.8. The van der Waals surface area contributed by atoms with Gasteiger partial charge < -0.3 is 4.90 Å². The van der Waals surface area contributed by atoms with Gasteiger partial charge in [-0.1, -0.05) is 23.7 Å². The number of sulfonamides is 2. The fraction of sp³-hybridized carbons (Fsp3) is 0.750.